The SMILES string of the molecule is Cl.Oc1ccc(OC2CCNCC2)cc1. The van der Waals surface area contributed by atoms with Crippen LogP contribution < -0.4 is 10.1 Å². The third kappa shape index (κ3) is 3.61. The Bertz CT molecular complexity index is 283. The van der Waals surface area contributed by atoms with Gasteiger partial charge in [-0.1, -0.05) is 0 Å². The summed E-state index contributed by atoms with van der Waals surface area (Å²) in [6.07, 6.45) is 2.43. The number of benzene rings is 1. The lowest BCUT2D eigenvalue weighted by molar-refractivity contribution is 0.162. The summed E-state index contributed by atoms with van der Waals surface area (Å²) in [5.41, 5.74) is 0. The Hall–Kier alpha value is -0.930. The van der Waals surface area contributed by atoms with Gasteiger partial charge in [-0.25, -0.2) is 0 Å². The van der Waals surface area contributed by atoms with Gasteiger partial charge in [-0.2, -0.15) is 0 Å². The second kappa shape index (κ2) is 5.83. The fourth-order valence-corrected chi connectivity index (χ4v) is 1.63. The minimum atomic E-state index is 0. The predicted molar refractivity (Wildman–Crippen MR) is 61.9 cm³/mol. The van der Waals surface area contributed by atoms with E-state index in [1.165, 1.54) is 0 Å². The summed E-state index contributed by atoms with van der Waals surface area (Å²) in [5.74, 6) is 1.12. The van der Waals surface area contributed by atoms with Gasteiger partial charge in [0.2, 0.25) is 0 Å². The van der Waals surface area contributed by atoms with Crippen molar-refractivity contribution in [2.24, 2.45) is 0 Å². The Morgan fingerprint density at radius 3 is 2.33 bits per heavy atom. The first-order chi connectivity index (χ1) is 6.84. The molecule has 4 heteroatoms. The van der Waals surface area contributed by atoms with E-state index in [2.05, 4.69) is 5.32 Å². The number of phenols is 1. The Kier molecular flexibility index (Phi) is 4.72. The van der Waals surface area contributed by atoms with Gasteiger partial charge in [-0.05, 0) is 50.2 Å². The summed E-state index contributed by atoms with van der Waals surface area (Å²) in [7, 11) is 0. The van der Waals surface area contributed by atoms with Gasteiger partial charge in [0, 0.05) is 0 Å². The molecule has 3 nitrogen and oxygen atoms in total. The molecule has 0 amide bonds. The second-order valence-corrected chi connectivity index (χ2v) is 3.56. The number of hydrogen-bond donors (Lipinski definition) is 2. The maximum absolute atomic E-state index is 9.10. The minimum Gasteiger partial charge on any atom is -0.508 e. The average Bonchev–Trinajstić information content (AvgIpc) is 2.23. The van der Waals surface area contributed by atoms with Crippen molar-refractivity contribution in [2.75, 3.05) is 13.1 Å². The first kappa shape index (κ1) is 12.1. The highest BCUT2D eigenvalue weighted by molar-refractivity contribution is 5.85. The normalized spacial score (nSPS) is 16.8. The van der Waals surface area contributed by atoms with Gasteiger partial charge in [-0.3, -0.25) is 0 Å². The van der Waals surface area contributed by atoms with Crippen molar-refractivity contribution >= 4 is 12.4 Å². The van der Waals surface area contributed by atoms with Crippen LogP contribution in [0.5, 0.6) is 11.5 Å². The van der Waals surface area contributed by atoms with E-state index in [0.717, 1.165) is 31.7 Å². The molecule has 1 aromatic rings. The standard InChI is InChI=1S/C11H15NO2.ClH/c13-9-1-3-10(4-2-9)14-11-5-7-12-8-6-11;/h1-4,11-13H,5-8H2;1H. The van der Waals surface area contributed by atoms with Crippen molar-refractivity contribution in [1.82, 2.24) is 5.32 Å². The number of phenolic OH excluding ortho intramolecular Hbond substituents is 1. The number of nitrogens with one attached hydrogen (secondary N) is 1. The van der Waals surface area contributed by atoms with E-state index in [1.807, 2.05) is 0 Å². The van der Waals surface area contributed by atoms with Crippen LogP contribution in [0.4, 0.5) is 0 Å². The molecular weight excluding hydrogens is 214 g/mol. The summed E-state index contributed by atoms with van der Waals surface area (Å²) in [5, 5.41) is 12.4. The molecule has 1 heterocycles. The molecule has 1 aliphatic heterocycles. The number of rotatable bonds is 2. The molecule has 84 valence electrons. The molecule has 1 fully saturated rings. The first-order valence-electron chi connectivity index (χ1n) is 5.01. The van der Waals surface area contributed by atoms with E-state index in [4.69, 9.17) is 9.84 Å². The molecule has 0 radical (unpaired) electrons. The van der Waals surface area contributed by atoms with Crippen molar-refractivity contribution in [2.45, 2.75) is 18.9 Å². The number of piperidine rings is 1. The van der Waals surface area contributed by atoms with Crippen LogP contribution in [0.15, 0.2) is 24.3 Å². The molecule has 0 saturated carbocycles. The Morgan fingerprint density at radius 2 is 1.73 bits per heavy atom. The van der Waals surface area contributed by atoms with Crippen LogP contribution in [0.3, 0.4) is 0 Å². The maximum atomic E-state index is 9.10. The molecular formula is C11H16ClNO2. The topological polar surface area (TPSA) is 41.5 Å². The van der Waals surface area contributed by atoms with Gasteiger partial charge >= 0.3 is 0 Å². The van der Waals surface area contributed by atoms with E-state index in [-0.39, 0.29) is 18.2 Å². The zero-order valence-corrected chi connectivity index (χ0v) is 9.30. The van der Waals surface area contributed by atoms with E-state index < -0.39 is 0 Å². The lowest BCUT2D eigenvalue weighted by atomic mass is 10.1. The molecule has 1 aliphatic rings. The number of halogens is 1. The average molecular weight is 230 g/mol. The smallest absolute Gasteiger partial charge is 0.119 e. The van der Waals surface area contributed by atoms with Crippen LogP contribution >= 0.6 is 12.4 Å². The lowest BCUT2D eigenvalue weighted by Crippen LogP contribution is -2.34. The number of hydrogen-bond acceptors (Lipinski definition) is 3. The lowest BCUT2D eigenvalue weighted by Gasteiger charge is -2.23. The minimum absolute atomic E-state index is 0. The third-order valence-corrected chi connectivity index (χ3v) is 2.43. The quantitative estimate of drug-likeness (QED) is 0.815. The maximum Gasteiger partial charge on any atom is 0.119 e. The van der Waals surface area contributed by atoms with Crippen molar-refractivity contribution in [3.05, 3.63) is 24.3 Å². The van der Waals surface area contributed by atoms with Crippen LogP contribution in [0, 0.1) is 0 Å². The van der Waals surface area contributed by atoms with E-state index in [1.54, 1.807) is 24.3 Å². The largest absolute Gasteiger partial charge is 0.508 e. The molecule has 0 aliphatic carbocycles. The Labute approximate surface area is 95.9 Å². The van der Waals surface area contributed by atoms with Gasteiger partial charge < -0.3 is 15.2 Å². The number of ether oxygens (including phenoxy) is 1. The van der Waals surface area contributed by atoms with E-state index >= 15 is 0 Å². The summed E-state index contributed by atoms with van der Waals surface area (Å²) < 4.78 is 5.76. The highest BCUT2D eigenvalue weighted by Gasteiger charge is 2.13. The molecule has 1 aromatic carbocycles. The summed E-state index contributed by atoms with van der Waals surface area (Å²) in [4.78, 5) is 0. The molecule has 0 aromatic heterocycles. The zero-order chi connectivity index (χ0) is 9.80. The molecule has 0 bridgehead atoms. The molecule has 2 rings (SSSR count). The summed E-state index contributed by atoms with van der Waals surface area (Å²) in [6, 6.07) is 6.90. The van der Waals surface area contributed by atoms with Crippen LogP contribution in [0.25, 0.3) is 0 Å². The molecule has 0 spiro atoms. The Morgan fingerprint density at radius 1 is 1.13 bits per heavy atom. The predicted octanol–water partition coefficient (Wildman–Crippen LogP) is 1.94. The van der Waals surface area contributed by atoms with Crippen LogP contribution in [0.2, 0.25) is 0 Å². The van der Waals surface area contributed by atoms with Crippen molar-refractivity contribution in [3.63, 3.8) is 0 Å². The second-order valence-electron chi connectivity index (χ2n) is 3.56. The van der Waals surface area contributed by atoms with Crippen LogP contribution in [0.1, 0.15) is 12.8 Å². The van der Waals surface area contributed by atoms with Gasteiger partial charge in [-0.15, -0.1) is 12.4 Å². The summed E-state index contributed by atoms with van der Waals surface area (Å²) >= 11 is 0. The van der Waals surface area contributed by atoms with Crippen molar-refractivity contribution < 1.29 is 9.84 Å². The van der Waals surface area contributed by atoms with Gasteiger partial charge in [0.05, 0.1) is 0 Å². The fourth-order valence-electron chi connectivity index (χ4n) is 1.63. The third-order valence-electron chi connectivity index (χ3n) is 2.43. The van der Waals surface area contributed by atoms with Crippen LogP contribution in [-0.4, -0.2) is 24.3 Å². The highest BCUT2D eigenvalue weighted by atomic mass is 35.5. The van der Waals surface area contributed by atoms with Gasteiger partial charge in [0.1, 0.15) is 17.6 Å². The summed E-state index contributed by atoms with van der Waals surface area (Å²) in [6.45, 7) is 2.06. The van der Waals surface area contributed by atoms with E-state index in [0.29, 0.717) is 6.10 Å². The molecule has 15 heavy (non-hydrogen) atoms. The highest BCUT2D eigenvalue weighted by Crippen LogP contribution is 2.19. The first-order valence-corrected chi connectivity index (χ1v) is 5.01. The van der Waals surface area contributed by atoms with Crippen molar-refractivity contribution in [1.29, 1.82) is 0 Å². The number of aromatic hydroxyl groups is 1. The van der Waals surface area contributed by atoms with Crippen LogP contribution in [-0.2, 0) is 0 Å². The Balaban J connectivity index is 0.00000112. The molecule has 2 N–H and O–H groups in total. The molecule has 1 saturated heterocycles. The fraction of sp³-hybridized carbons (Fsp3) is 0.455. The molecule has 0 unspecified atom stereocenters. The zero-order valence-electron chi connectivity index (χ0n) is 8.48. The van der Waals surface area contributed by atoms with Gasteiger partial charge in [0.25, 0.3) is 0 Å². The molecule has 0 atom stereocenters. The van der Waals surface area contributed by atoms with E-state index in [9.17, 15) is 0 Å². The van der Waals surface area contributed by atoms with Crippen molar-refractivity contribution in [3.8, 4) is 11.5 Å². The van der Waals surface area contributed by atoms with Gasteiger partial charge in [0.15, 0.2) is 0 Å². The monoisotopic (exact) mass is 229 g/mol.